The van der Waals surface area contributed by atoms with Crippen molar-refractivity contribution in [2.45, 2.75) is 26.4 Å². The summed E-state index contributed by atoms with van der Waals surface area (Å²) >= 11 is 0. The van der Waals surface area contributed by atoms with Crippen LogP contribution in [-0.4, -0.2) is 46.4 Å². The number of rotatable bonds is 3. The van der Waals surface area contributed by atoms with Gasteiger partial charge in [0.15, 0.2) is 0 Å². The number of benzene rings is 1. The van der Waals surface area contributed by atoms with Crippen LogP contribution in [-0.2, 0) is 6.54 Å². The zero-order chi connectivity index (χ0) is 16.0. The van der Waals surface area contributed by atoms with Gasteiger partial charge in [0, 0.05) is 37.9 Å². The van der Waals surface area contributed by atoms with Gasteiger partial charge in [0.25, 0.3) is 0 Å². The number of hydrogen-bond donors (Lipinski definition) is 1. The molecule has 2 aliphatic heterocycles. The van der Waals surface area contributed by atoms with Crippen LogP contribution < -0.4 is 0 Å². The van der Waals surface area contributed by atoms with E-state index < -0.39 is 0 Å². The van der Waals surface area contributed by atoms with Crippen LogP contribution in [0.4, 0.5) is 0 Å². The number of aromatic nitrogens is 2. The van der Waals surface area contributed by atoms with Crippen LogP contribution in [0.2, 0.25) is 0 Å². The fraction of sp³-hybridized carbons (Fsp3) is 0.526. The molecule has 1 aromatic carbocycles. The van der Waals surface area contributed by atoms with Crippen LogP contribution in [0.5, 0.6) is 0 Å². The summed E-state index contributed by atoms with van der Waals surface area (Å²) in [6.45, 7) is 8.93. The van der Waals surface area contributed by atoms with E-state index in [4.69, 9.17) is 0 Å². The molecule has 0 radical (unpaired) electrons. The minimum atomic E-state index is 0.562. The van der Waals surface area contributed by atoms with Gasteiger partial charge >= 0.3 is 0 Å². The second kappa shape index (κ2) is 5.77. The van der Waals surface area contributed by atoms with Crippen molar-refractivity contribution in [1.82, 2.24) is 19.8 Å². The fourth-order valence-electron chi connectivity index (χ4n) is 4.62. The summed E-state index contributed by atoms with van der Waals surface area (Å²) in [4.78, 5) is 12.8. The van der Waals surface area contributed by atoms with E-state index in [9.17, 15) is 0 Å². The third kappa shape index (κ3) is 2.60. The molecule has 2 aliphatic rings. The van der Waals surface area contributed by atoms with E-state index in [1.807, 2.05) is 6.33 Å². The van der Waals surface area contributed by atoms with Gasteiger partial charge in [-0.1, -0.05) is 24.3 Å². The van der Waals surface area contributed by atoms with Gasteiger partial charge in [0.05, 0.1) is 12.0 Å². The Morgan fingerprint density at radius 3 is 2.74 bits per heavy atom. The van der Waals surface area contributed by atoms with Crippen LogP contribution in [0.15, 0.2) is 30.6 Å². The minimum absolute atomic E-state index is 0.562. The van der Waals surface area contributed by atoms with Crippen molar-refractivity contribution >= 4 is 0 Å². The average Bonchev–Trinajstić information content (AvgIpc) is 3.16. The maximum atomic E-state index is 4.47. The fourth-order valence-corrected chi connectivity index (χ4v) is 4.62. The Morgan fingerprint density at radius 2 is 2.00 bits per heavy atom. The summed E-state index contributed by atoms with van der Waals surface area (Å²) in [5.74, 6) is 1.52. The Balaban J connectivity index is 1.53. The van der Waals surface area contributed by atoms with Crippen molar-refractivity contribution in [3.63, 3.8) is 0 Å². The normalized spacial score (nSPS) is 28.4. The zero-order valence-corrected chi connectivity index (χ0v) is 14.3. The molecule has 0 bridgehead atoms. The Kier molecular flexibility index (Phi) is 3.74. The molecule has 2 aromatic rings. The van der Waals surface area contributed by atoms with Crippen molar-refractivity contribution in [2.24, 2.45) is 11.8 Å². The van der Waals surface area contributed by atoms with Crippen LogP contribution in [0.25, 0.3) is 0 Å². The smallest absolute Gasteiger partial charge is 0.0925 e. The predicted molar refractivity (Wildman–Crippen MR) is 92.1 cm³/mol. The lowest BCUT2D eigenvalue weighted by Crippen LogP contribution is -2.29. The Morgan fingerprint density at radius 1 is 1.17 bits per heavy atom. The highest BCUT2D eigenvalue weighted by Crippen LogP contribution is 2.45. The molecule has 1 N–H and O–H groups in total. The summed E-state index contributed by atoms with van der Waals surface area (Å²) < 4.78 is 0. The maximum Gasteiger partial charge on any atom is 0.0925 e. The standard InChI is InChI=1S/C19H26N4/c1-13-6-4-5-7-16(13)19-17-10-23(9-15(17)8-22(19)3)11-18-14(2)20-12-21-18/h4-7,12,15,17,19H,8-11H2,1-3H3,(H,20,21)/t15-,17+,19-/m0/s1. The van der Waals surface area contributed by atoms with Crippen molar-refractivity contribution in [2.75, 3.05) is 26.7 Å². The third-order valence-corrected chi connectivity index (χ3v) is 5.78. The molecule has 4 rings (SSSR count). The lowest BCUT2D eigenvalue weighted by atomic mass is 9.88. The first-order chi connectivity index (χ1) is 11.1. The molecular formula is C19H26N4. The Labute approximate surface area is 138 Å². The first-order valence-electron chi connectivity index (χ1n) is 8.60. The van der Waals surface area contributed by atoms with Crippen molar-refractivity contribution in [3.8, 4) is 0 Å². The lowest BCUT2D eigenvalue weighted by Gasteiger charge is -2.28. The van der Waals surface area contributed by atoms with Gasteiger partial charge in [0.1, 0.15) is 0 Å². The summed E-state index contributed by atoms with van der Waals surface area (Å²) in [6.07, 6.45) is 1.81. The number of hydrogen-bond acceptors (Lipinski definition) is 3. The number of fused-ring (bicyclic) bond motifs is 1. The molecule has 0 amide bonds. The number of H-pyrrole nitrogens is 1. The molecule has 0 aliphatic carbocycles. The second-order valence-corrected chi connectivity index (χ2v) is 7.33. The SMILES string of the molecule is Cc1ccccc1[C@H]1[C@@H]2CN(Cc3nc[nH]c3C)C[C@@H]2CN1C. The molecule has 0 spiro atoms. The number of likely N-dealkylation sites (tertiary alicyclic amines) is 2. The molecule has 3 atom stereocenters. The molecular weight excluding hydrogens is 284 g/mol. The van der Waals surface area contributed by atoms with E-state index in [1.165, 1.54) is 42.1 Å². The molecule has 23 heavy (non-hydrogen) atoms. The molecule has 0 unspecified atom stereocenters. The van der Waals surface area contributed by atoms with E-state index in [2.05, 4.69) is 64.9 Å². The second-order valence-electron chi connectivity index (χ2n) is 7.33. The van der Waals surface area contributed by atoms with Gasteiger partial charge in [-0.15, -0.1) is 0 Å². The highest BCUT2D eigenvalue weighted by atomic mass is 15.2. The van der Waals surface area contributed by atoms with Gasteiger partial charge in [-0.3, -0.25) is 9.80 Å². The molecule has 3 heterocycles. The Hall–Kier alpha value is -1.65. The zero-order valence-electron chi connectivity index (χ0n) is 14.3. The first kappa shape index (κ1) is 14.9. The monoisotopic (exact) mass is 310 g/mol. The van der Waals surface area contributed by atoms with Crippen LogP contribution in [0.3, 0.4) is 0 Å². The quantitative estimate of drug-likeness (QED) is 0.947. The minimum Gasteiger partial charge on any atom is -0.348 e. The molecule has 122 valence electrons. The van der Waals surface area contributed by atoms with Gasteiger partial charge in [0.2, 0.25) is 0 Å². The predicted octanol–water partition coefficient (Wildman–Crippen LogP) is 2.76. The van der Waals surface area contributed by atoms with E-state index >= 15 is 0 Å². The molecule has 2 saturated heterocycles. The first-order valence-corrected chi connectivity index (χ1v) is 8.60. The number of imidazole rings is 1. The van der Waals surface area contributed by atoms with Gasteiger partial charge in [-0.2, -0.15) is 0 Å². The van der Waals surface area contributed by atoms with Crippen molar-refractivity contribution < 1.29 is 0 Å². The van der Waals surface area contributed by atoms with Gasteiger partial charge in [-0.05, 0) is 43.9 Å². The topological polar surface area (TPSA) is 35.2 Å². The van der Waals surface area contributed by atoms with Crippen molar-refractivity contribution in [3.05, 3.63) is 53.1 Å². The van der Waals surface area contributed by atoms with E-state index in [-0.39, 0.29) is 0 Å². The molecule has 0 saturated carbocycles. The number of aromatic amines is 1. The molecule has 1 aromatic heterocycles. The Bertz CT molecular complexity index is 692. The van der Waals surface area contributed by atoms with Gasteiger partial charge < -0.3 is 4.98 Å². The van der Waals surface area contributed by atoms with Crippen molar-refractivity contribution in [1.29, 1.82) is 0 Å². The molecule has 4 nitrogen and oxygen atoms in total. The molecule has 4 heteroatoms. The number of nitrogens with one attached hydrogen (secondary N) is 1. The number of aryl methyl sites for hydroxylation is 2. The van der Waals surface area contributed by atoms with Gasteiger partial charge in [-0.25, -0.2) is 4.98 Å². The van der Waals surface area contributed by atoms with E-state index in [1.54, 1.807) is 0 Å². The summed E-state index contributed by atoms with van der Waals surface area (Å²) in [5.41, 5.74) is 5.34. The number of nitrogens with zero attached hydrogens (tertiary/aromatic N) is 3. The molecule has 2 fully saturated rings. The summed E-state index contributed by atoms with van der Waals surface area (Å²) in [5, 5.41) is 0. The van der Waals surface area contributed by atoms with Crippen LogP contribution in [0, 0.1) is 25.7 Å². The summed E-state index contributed by atoms with van der Waals surface area (Å²) in [6, 6.07) is 9.46. The lowest BCUT2D eigenvalue weighted by molar-refractivity contribution is 0.223. The highest BCUT2D eigenvalue weighted by molar-refractivity contribution is 5.31. The highest BCUT2D eigenvalue weighted by Gasteiger charge is 2.46. The summed E-state index contributed by atoms with van der Waals surface area (Å²) in [7, 11) is 2.29. The van der Waals surface area contributed by atoms with Crippen LogP contribution in [0.1, 0.15) is 28.6 Å². The van der Waals surface area contributed by atoms with Crippen LogP contribution >= 0.6 is 0 Å². The van der Waals surface area contributed by atoms with E-state index in [0.29, 0.717) is 6.04 Å². The largest absolute Gasteiger partial charge is 0.348 e. The van der Waals surface area contributed by atoms with E-state index in [0.717, 1.165) is 18.4 Å². The third-order valence-electron chi connectivity index (χ3n) is 5.78. The average molecular weight is 310 g/mol. The maximum absolute atomic E-state index is 4.47.